The molecule has 3 aromatic rings. The van der Waals surface area contributed by atoms with E-state index in [-0.39, 0.29) is 35.6 Å². The third-order valence-corrected chi connectivity index (χ3v) is 5.10. The molecule has 32 heavy (non-hydrogen) atoms. The first-order chi connectivity index (χ1) is 15.1. The Morgan fingerprint density at radius 2 is 1.97 bits per heavy atom. The van der Waals surface area contributed by atoms with Gasteiger partial charge in [-0.1, -0.05) is 6.07 Å². The lowest BCUT2D eigenvalue weighted by atomic mass is 10.2. The van der Waals surface area contributed by atoms with Crippen LogP contribution in [0.2, 0.25) is 0 Å². The zero-order valence-corrected chi connectivity index (χ0v) is 17.2. The highest BCUT2D eigenvalue weighted by Gasteiger charge is 2.32. The van der Waals surface area contributed by atoms with Crippen LogP contribution in [0.1, 0.15) is 18.2 Å². The molecule has 0 saturated carbocycles. The van der Waals surface area contributed by atoms with Crippen LogP contribution in [0.5, 0.6) is 17.4 Å². The maximum atomic E-state index is 14.5. The number of fused-ring (bicyclic) bond motifs is 1. The van der Waals surface area contributed by atoms with Gasteiger partial charge in [-0.3, -0.25) is 15.0 Å². The second kappa shape index (κ2) is 8.13. The molecule has 2 aromatic heterocycles. The number of ether oxygens (including phenoxy) is 2. The van der Waals surface area contributed by atoms with Crippen molar-refractivity contribution in [1.29, 1.82) is 5.41 Å². The van der Waals surface area contributed by atoms with Gasteiger partial charge in [0.05, 0.1) is 0 Å². The lowest BCUT2D eigenvalue weighted by molar-refractivity contribution is -0.141. The summed E-state index contributed by atoms with van der Waals surface area (Å²) in [5.74, 6) is -0.137. The molecular formula is C21H19F4N5O2. The normalized spacial score (nSPS) is 15.6. The van der Waals surface area contributed by atoms with Crippen LogP contribution >= 0.6 is 0 Å². The molecule has 1 N–H and O–H groups in total. The zero-order chi connectivity index (χ0) is 23.0. The molecule has 0 bridgehead atoms. The average Bonchev–Trinajstić information content (AvgIpc) is 3.03. The fourth-order valence-electron chi connectivity index (χ4n) is 3.28. The summed E-state index contributed by atoms with van der Waals surface area (Å²) in [7, 11) is 1.92. The number of aromatic nitrogens is 3. The maximum Gasteiger partial charge on any atom is 0.433 e. The van der Waals surface area contributed by atoms with Crippen molar-refractivity contribution < 1.29 is 27.0 Å². The Hall–Kier alpha value is -3.63. The molecule has 4 rings (SSSR count). The Morgan fingerprint density at radius 1 is 1.19 bits per heavy atom. The van der Waals surface area contributed by atoms with Gasteiger partial charge >= 0.3 is 6.18 Å². The van der Waals surface area contributed by atoms with Crippen molar-refractivity contribution in [2.45, 2.75) is 32.3 Å². The number of hydrogen-bond donors (Lipinski definition) is 1. The first-order valence-corrected chi connectivity index (χ1v) is 9.63. The van der Waals surface area contributed by atoms with Gasteiger partial charge in [0, 0.05) is 38.0 Å². The number of pyridine rings is 1. The molecule has 0 aliphatic carbocycles. The van der Waals surface area contributed by atoms with E-state index in [2.05, 4.69) is 9.97 Å². The number of anilines is 1. The van der Waals surface area contributed by atoms with Crippen LogP contribution in [0.15, 0.2) is 42.6 Å². The Labute approximate surface area is 180 Å². The molecule has 1 atom stereocenters. The molecular weight excluding hydrogens is 430 g/mol. The Morgan fingerprint density at radius 3 is 2.69 bits per heavy atom. The number of likely N-dealkylation sites (N-methyl/N-ethyl adjacent to an activating group) is 1. The van der Waals surface area contributed by atoms with E-state index >= 15 is 0 Å². The Kier molecular flexibility index (Phi) is 5.49. The van der Waals surface area contributed by atoms with Crippen LogP contribution in [0.25, 0.3) is 0 Å². The summed E-state index contributed by atoms with van der Waals surface area (Å²) in [4.78, 5) is 9.37. The van der Waals surface area contributed by atoms with Crippen molar-refractivity contribution in [3.8, 4) is 17.4 Å². The standard InChI is InChI=1S/C21H19F4N5O2/c1-12-10-30-19(29(12)2)9-18(28-20(30)26)31-11-13-3-4-16(15(22)7-13)32-14-5-6-27-17(8-14)21(23,24)25/h3-9,12,26H,10-11H2,1-2H3/t12-/m1/s1. The van der Waals surface area contributed by atoms with Gasteiger partial charge < -0.3 is 14.4 Å². The molecule has 1 aliphatic rings. The summed E-state index contributed by atoms with van der Waals surface area (Å²) in [5.41, 5.74) is -0.600. The predicted octanol–water partition coefficient (Wildman–Crippen LogP) is 4.13. The number of nitrogens with zero attached hydrogens (tertiary/aromatic N) is 4. The number of alkyl halides is 3. The first-order valence-electron chi connectivity index (χ1n) is 9.63. The average molecular weight is 449 g/mol. The van der Waals surface area contributed by atoms with E-state index in [0.717, 1.165) is 12.0 Å². The van der Waals surface area contributed by atoms with Crippen LogP contribution in [0.3, 0.4) is 0 Å². The summed E-state index contributed by atoms with van der Waals surface area (Å²) in [6, 6.07) is 7.85. The van der Waals surface area contributed by atoms with Gasteiger partial charge in [-0.15, -0.1) is 0 Å². The van der Waals surface area contributed by atoms with Crippen molar-refractivity contribution in [3.63, 3.8) is 0 Å². The SMILES string of the molecule is C[C@@H]1Cn2c(cc(OCc3ccc(Oc4ccnc(C(F)(F)F)c4)c(F)c3)nc2=N)N1C. The quantitative estimate of drug-likeness (QED) is 0.593. The van der Waals surface area contributed by atoms with E-state index in [0.29, 0.717) is 18.2 Å². The highest BCUT2D eigenvalue weighted by molar-refractivity contribution is 5.45. The van der Waals surface area contributed by atoms with Gasteiger partial charge in [-0.05, 0) is 30.7 Å². The summed E-state index contributed by atoms with van der Waals surface area (Å²) < 4.78 is 65.4. The molecule has 0 saturated heterocycles. The molecule has 7 nitrogen and oxygen atoms in total. The Bertz CT molecular complexity index is 1210. The lowest BCUT2D eigenvalue weighted by Gasteiger charge is -2.17. The van der Waals surface area contributed by atoms with Crippen LogP contribution < -0.4 is 20.0 Å². The third kappa shape index (κ3) is 4.36. The molecule has 3 heterocycles. The molecule has 0 unspecified atom stereocenters. The van der Waals surface area contributed by atoms with E-state index in [1.54, 1.807) is 10.6 Å². The van der Waals surface area contributed by atoms with E-state index < -0.39 is 17.7 Å². The van der Waals surface area contributed by atoms with Gasteiger partial charge in [-0.2, -0.15) is 18.2 Å². The second-order valence-electron chi connectivity index (χ2n) is 7.38. The van der Waals surface area contributed by atoms with Crippen molar-refractivity contribution >= 4 is 5.82 Å². The number of rotatable bonds is 5. The van der Waals surface area contributed by atoms with E-state index in [1.807, 2.05) is 18.9 Å². The van der Waals surface area contributed by atoms with E-state index in [1.165, 1.54) is 24.3 Å². The van der Waals surface area contributed by atoms with Crippen molar-refractivity contribution in [1.82, 2.24) is 14.5 Å². The van der Waals surface area contributed by atoms with Gasteiger partial charge in [0.1, 0.15) is 23.9 Å². The molecule has 168 valence electrons. The van der Waals surface area contributed by atoms with Crippen LogP contribution in [-0.4, -0.2) is 27.6 Å². The molecule has 0 spiro atoms. The van der Waals surface area contributed by atoms with E-state index in [9.17, 15) is 17.6 Å². The summed E-state index contributed by atoms with van der Waals surface area (Å²) in [5, 5.41) is 8.07. The summed E-state index contributed by atoms with van der Waals surface area (Å²) >= 11 is 0. The van der Waals surface area contributed by atoms with Gasteiger partial charge in [0.25, 0.3) is 0 Å². The maximum absolute atomic E-state index is 14.5. The minimum atomic E-state index is -4.63. The molecule has 11 heteroatoms. The number of nitrogens with one attached hydrogen (secondary N) is 1. The van der Waals surface area contributed by atoms with Crippen molar-refractivity contribution in [3.05, 3.63) is 65.3 Å². The lowest BCUT2D eigenvalue weighted by Crippen LogP contribution is -2.23. The molecule has 1 aromatic carbocycles. The van der Waals surface area contributed by atoms with E-state index in [4.69, 9.17) is 14.9 Å². The summed E-state index contributed by atoms with van der Waals surface area (Å²) in [6.07, 6.45) is -3.69. The van der Waals surface area contributed by atoms with Crippen LogP contribution in [-0.2, 0) is 19.3 Å². The number of halogens is 4. The zero-order valence-electron chi connectivity index (χ0n) is 17.2. The van der Waals surface area contributed by atoms with Crippen LogP contribution in [0, 0.1) is 11.2 Å². The number of benzene rings is 1. The Balaban J connectivity index is 1.46. The highest BCUT2D eigenvalue weighted by Crippen LogP contribution is 2.32. The molecule has 1 aliphatic heterocycles. The second-order valence-corrected chi connectivity index (χ2v) is 7.38. The first kappa shape index (κ1) is 21.6. The number of hydrogen-bond acceptors (Lipinski definition) is 6. The molecule has 0 fully saturated rings. The fraction of sp³-hybridized carbons (Fsp3) is 0.286. The monoisotopic (exact) mass is 449 g/mol. The topological polar surface area (TPSA) is 76.3 Å². The fourth-order valence-corrected chi connectivity index (χ4v) is 3.28. The minimum Gasteiger partial charge on any atom is -0.473 e. The van der Waals surface area contributed by atoms with Gasteiger partial charge in [0.2, 0.25) is 11.5 Å². The summed E-state index contributed by atoms with van der Waals surface area (Å²) in [6.45, 7) is 2.68. The smallest absolute Gasteiger partial charge is 0.433 e. The predicted molar refractivity (Wildman–Crippen MR) is 106 cm³/mol. The van der Waals surface area contributed by atoms with Crippen molar-refractivity contribution in [2.24, 2.45) is 0 Å². The molecule has 0 radical (unpaired) electrons. The third-order valence-electron chi connectivity index (χ3n) is 5.10. The van der Waals surface area contributed by atoms with Crippen molar-refractivity contribution in [2.75, 3.05) is 11.9 Å². The highest BCUT2D eigenvalue weighted by atomic mass is 19.4. The minimum absolute atomic E-state index is 0.0140. The van der Waals surface area contributed by atoms with Gasteiger partial charge in [0.15, 0.2) is 11.6 Å². The van der Waals surface area contributed by atoms with Gasteiger partial charge in [-0.25, -0.2) is 4.39 Å². The van der Waals surface area contributed by atoms with Crippen LogP contribution in [0.4, 0.5) is 23.4 Å². The largest absolute Gasteiger partial charge is 0.473 e. The molecule has 0 amide bonds.